The van der Waals surface area contributed by atoms with Crippen LogP contribution in [0.2, 0.25) is 5.02 Å². The van der Waals surface area contributed by atoms with Gasteiger partial charge < -0.3 is 5.32 Å². The lowest BCUT2D eigenvalue weighted by Gasteiger charge is -2.22. The van der Waals surface area contributed by atoms with Crippen LogP contribution in [0.1, 0.15) is 5.56 Å². The minimum atomic E-state index is -5.75. The fraction of sp³-hybridized carbons (Fsp3) is 0.364. The molecular formula is C11H7BrClF6NO. The Balaban J connectivity index is 3.12. The van der Waals surface area contributed by atoms with E-state index in [1.54, 1.807) is 12.2 Å². The van der Waals surface area contributed by atoms with Crippen LogP contribution >= 0.6 is 27.5 Å². The van der Waals surface area contributed by atoms with Crippen LogP contribution in [0.5, 0.6) is 0 Å². The van der Waals surface area contributed by atoms with Crippen LogP contribution in [0.15, 0.2) is 16.6 Å². The van der Waals surface area contributed by atoms with Crippen molar-refractivity contribution in [3.8, 4) is 0 Å². The van der Waals surface area contributed by atoms with Gasteiger partial charge in [-0.15, -0.1) is 0 Å². The summed E-state index contributed by atoms with van der Waals surface area (Å²) >= 11 is 8.64. The molecule has 0 unspecified atom stereocenters. The highest BCUT2D eigenvalue weighted by molar-refractivity contribution is 9.10. The van der Waals surface area contributed by atoms with Gasteiger partial charge in [0.1, 0.15) is 0 Å². The Kier molecular flexibility index (Phi) is 5.20. The van der Waals surface area contributed by atoms with Gasteiger partial charge in [0.25, 0.3) is 0 Å². The highest BCUT2D eigenvalue weighted by Gasteiger charge is 2.61. The van der Waals surface area contributed by atoms with Crippen molar-refractivity contribution in [3.05, 3.63) is 27.2 Å². The molecule has 0 radical (unpaired) electrons. The van der Waals surface area contributed by atoms with E-state index in [9.17, 15) is 31.1 Å². The average molecular weight is 399 g/mol. The molecule has 0 saturated carbocycles. The molecular weight excluding hydrogens is 391 g/mol. The number of anilines is 1. The number of halogens is 8. The van der Waals surface area contributed by atoms with Gasteiger partial charge >= 0.3 is 12.4 Å². The summed E-state index contributed by atoms with van der Waals surface area (Å²) in [7, 11) is 0. The lowest BCUT2D eigenvalue weighted by atomic mass is 10.1. The van der Waals surface area contributed by atoms with Crippen LogP contribution in [0.3, 0.4) is 0 Å². The quantitative estimate of drug-likeness (QED) is 0.691. The molecule has 0 fully saturated rings. The molecule has 0 saturated heterocycles. The molecule has 0 heterocycles. The van der Waals surface area contributed by atoms with Gasteiger partial charge in [0.05, 0.1) is 5.69 Å². The van der Waals surface area contributed by atoms with E-state index in [4.69, 9.17) is 11.6 Å². The fourth-order valence-electron chi connectivity index (χ4n) is 1.43. The summed E-state index contributed by atoms with van der Waals surface area (Å²) in [5, 5.41) is 1.67. The summed E-state index contributed by atoms with van der Waals surface area (Å²) in [6.45, 7) is 1.58. The Labute approximate surface area is 128 Å². The normalized spacial score (nSPS) is 12.7. The molecule has 0 bridgehead atoms. The molecule has 0 spiro atoms. The second-order valence-electron chi connectivity index (χ2n) is 4.09. The summed E-state index contributed by atoms with van der Waals surface area (Å²) in [4.78, 5) is 11.3. The molecule has 1 amide bonds. The monoisotopic (exact) mass is 397 g/mol. The molecule has 1 rings (SSSR count). The van der Waals surface area contributed by atoms with E-state index in [2.05, 4.69) is 15.9 Å². The Bertz CT molecular complexity index is 543. The Morgan fingerprint density at radius 2 is 1.67 bits per heavy atom. The zero-order valence-electron chi connectivity index (χ0n) is 10.2. The predicted molar refractivity (Wildman–Crippen MR) is 68.1 cm³/mol. The molecule has 1 aromatic rings. The zero-order chi connectivity index (χ0) is 16.6. The molecule has 0 aromatic heterocycles. The first-order valence-electron chi connectivity index (χ1n) is 5.24. The fourth-order valence-corrected chi connectivity index (χ4v) is 2.15. The maximum Gasteiger partial charge on any atom is 0.409 e. The van der Waals surface area contributed by atoms with Crippen LogP contribution in [0.4, 0.5) is 32.0 Å². The van der Waals surface area contributed by atoms with Crippen molar-refractivity contribution in [2.24, 2.45) is 5.92 Å². The summed E-state index contributed by atoms with van der Waals surface area (Å²) < 4.78 is 74.5. The molecule has 0 aliphatic rings. The number of amides is 1. The average Bonchev–Trinajstić information content (AvgIpc) is 2.21. The topological polar surface area (TPSA) is 29.1 Å². The molecule has 1 N–H and O–H groups in total. The third kappa shape index (κ3) is 4.50. The Morgan fingerprint density at radius 1 is 1.19 bits per heavy atom. The number of rotatable bonds is 2. The highest BCUT2D eigenvalue weighted by atomic mass is 79.9. The van der Waals surface area contributed by atoms with E-state index < -0.39 is 24.2 Å². The van der Waals surface area contributed by atoms with Crippen molar-refractivity contribution in [1.29, 1.82) is 0 Å². The van der Waals surface area contributed by atoms with Gasteiger partial charge in [-0.25, -0.2) is 0 Å². The third-order valence-electron chi connectivity index (χ3n) is 2.42. The number of alkyl halides is 6. The first-order chi connectivity index (χ1) is 9.34. The van der Waals surface area contributed by atoms with Gasteiger partial charge in [-0.3, -0.25) is 4.79 Å². The largest absolute Gasteiger partial charge is 0.409 e. The minimum Gasteiger partial charge on any atom is -0.324 e. The predicted octanol–water partition coefficient (Wildman–Crippen LogP) is 5.09. The first-order valence-corrected chi connectivity index (χ1v) is 6.41. The molecule has 2 nitrogen and oxygen atoms in total. The zero-order valence-corrected chi connectivity index (χ0v) is 12.5. The Hall–Kier alpha value is -0.960. The van der Waals surface area contributed by atoms with Crippen LogP contribution in [0.25, 0.3) is 0 Å². The standard InChI is InChI=1S/C11H7BrClF6NO/c1-4-2-5(12)7(3-6(4)13)20-9(21)8(10(14,15)16)11(17,18)19/h2-3,8H,1H3,(H,20,21). The smallest absolute Gasteiger partial charge is 0.324 e. The van der Waals surface area contributed by atoms with Gasteiger partial charge in [-0.1, -0.05) is 11.6 Å². The van der Waals surface area contributed by atoms with Gasteiger partial charge in [-0.2, -0.15) is 26.3 Å². The lowest BCUT2D eigenvalue weighted by molar-refractivity contribution is -0.272. The number of aryl methyl sites for hydroxylation is 1. The van der Waals surface area contributed by atoms with Crippen molar-refractivity contribution >= 4 is 39.1 Å². The van der Waals surface area contributed by atoms with Gasteiger partial charge in [0.15, 0.2) is 0 Å². The van der Waals surface area contributed by atoms with Crippen LogP contribution in [-0.2, 0) is 4.79 Å². The summed E-state index contributed by atoms with van der Waals surface area (Å²) in [6.07, 6.45) is -11.5. The van der Waals surface area contributed by atoms with Crippen LogP contribution < -0.4 is 5.32 Å². The van der Waals surface area contributed by atoms with E-state index in [1.807, 2.05) is 0 Å². The van der Waals surface area contributed by atoms with Crippen molar-refractivity contribution < 1.29 is 31.1 Å². The summed E-state index contributed by atoms with van der Waals surface area (Å²) in [6, 6.07) is 2.41. The van der Waals surface area contributed by atoms with E-state index in [1.165, 1.54) is 6.07 Å². The van der Waals surface area contributed by atoms with E-state index in [0.717, 1.165) is 6.07 Å². The highest BCUT2D eigenvalue weighted by Crippen LogP contribution is 2.40. The van der Waals surface area contributed by atoms with Crippen LogP contribution in [-0.4, -0.2) is 18.3 Å². The maximum absolute atomic E-state index is 12.4. The number of hydrogen-bond donors (Lipinski definition) is 1. The molecule has 21 heavy (non-hydrogen) atoms. The SMILES string of the molecule is Cc1cc(Br)c(NC(=O)C(C(F)(F)F)C(F)(F)F)cc1Cl. The van der Waals surface area contributed by atoms with E-state index in [0.29, 0.717) is 5.56 Å². The van der Waals surface area contributed by atoms with Crippen molar-refractivity contribution in [2.75, 3.05) is 5.32 Å². The molecule has 0 aliphatic carbocycles. The number of carbonyl (C=O) groups excluding carboxylic acids is 1. The minimum absolute atomic E-state index is 0.0871. The second kappa shape index (κ2) is 6.04. The van der Waals surface area contributed by atoms with Crippen LogP contribution in [0, 0.1) is 12.8 Å². The summed E-state index contributed by atoms with van der Waals surface area (Å²) in [5.41, 5.74) is 0.249. The van der Waals surface area contributed by atoms with E-state index in [-0.39, 0.29) is 15.2 Å². The van der Waals surface area contributed by atoms with Crippen molar-refractivity contribution in [1.82, 2.24) is 0 Å². The van der Waals surface area contributed by atoms with Gasteiger partial charge in [0, 0.05) is 9.50 Å². The molecule has 10 heteroatoms. The van der Waals surface area contributed by atoms with E-state index >= 15 is 0 Å². The second-order valence-corrected chi connectivity index (χ2v) is 5.35. The summed E-state index contributed by atoms with van der Waals surface area (Å²) in [5.74, 6) is -6.34. The number of hydrogen-bond acceptors (Lipinski definition) is 1. The lowest BCUT2D eigenvalue weighted by Crippen LogP contribution is -2.45. The Morgan fingerprint density at radius 3 is 2.10 bits per heavy atom. The third-order valence-corrected chi connectivity index (χ3v) is 3.49. The van der Waals surface area contributed by atoms with Crippen molar-refractivity contribution in [2.45, 2.75) is 19.3 Å². The maximum atomic E-state index is 12.4. The molecule has 0 atom stereocenters. The molecule has 1 aromatic carbocycles. The first kappa shape index (κ1) is 18.1. The number of nitrogens with one attached hydrogen (secondary N) is 1. The van der Waals surface area contributed by atoms with Crippen molar-refractivity contribution in [3.63, 3.8) is 0 Å². The van der Waals surface area contributed by atoms with Gasteiger partial charge in [-0.05, 0) is 40.5 Å². The number of carbonyl (C=O) groups is 1. The molecule has 118 valence electrons. The van der Waals surface area contributed by atoms with Gasteiger partial charge in [0.2, 0.25) is 11.8 Å². The number of benzene rings is 1. The molecule has 0 aliphatic heterocycles.